The van der Waals surface area contributed by atoms with Crippen molar-refractivity contribution < 1.29 is 4.79 Å². The third kappa shape index (κ3) is 2.71. The molecule has 1 aliphatic rings. The largest absolute Gasteiger partial charge is 0.347 e. The van der Waals surface area contributed by atoms with E-state index in [0.717, 1.165) is 10.9 Å². The Kier molecular flexibility index (Phi) is 3.31. The van der Waals surface area contributed by atoms with Gasteiger partial charge in [-0.05, 0) is 18.2 Å². The molecule has 6 nitrogen and oxygen atoms in total. The Hall–Kier alpha value is -2.47. The van der Waals surface area contributed by atoms with Crippen molar-refractivity contribution in [1.82, 2.24) is 9.97 Å². The van der Waals surface area contributed by atoms with Gasteiger partial charge in [0, 0.05) is 31.1 Å². The van der Waals surface area contributed by atoms with Crippen LogP contribution in [0.25, 0.3) is 6.08 Å². The lowest BCUT2D eigenvalue weighted by molar-refractivity contribution is -0.112. The summed E-state index contributed by atoms with van der Waals surface area (Å²) in [4.78, 5) is 25.4. The van der Waals surface area contributed by atoms with Gasteiger partial charge in [0.2, 0.25) is 5.95 Å². The minimum Gasteiger partial charge on any atom is -0.347 e. The lowest BCUT2D eigenvalue weighted by Gasteiger charge is -2.13. The maximum atomic E-state index is 11.3. The summed E-state index contributed by atoms with van der Waals surface area (Å²) in [6.45, 7) is 0. The highest BCUT2D eigenvalue weighted by Gasteiger charge is 2.09. The summed E-state index contributed by atoms with van der Waals surface area (Å²) in [5, 5.41) is 5.01. The Morgan fingerprint density at radius 1 is 1.29 bits per heavy atom. The third-order valence-corrected chi connectivity index (χ3v) is 3.21. The second-order valence-electron chi connectivity index (χ2n) is 4.75. The smallest absolute Gasteiger partial charge is 0.270 e. The number of halogens is 1. The number of carbonyl (C=O) groups is 1. The number of anilines is 3. The topological polar surface area (TPSA) is 70.5 Å². The molecule has 1 aliphatic heterocycles. The van der Waals surface area contributed by atoms with Crippen LogP contribution in [0.4, 0.5) is 17.5 Å². The first-order valence-electron chi connectivity index (χ1n) is 6.24. The third-order valence-electron chi connectivity index (χ3n) is 2.93. The van der Waals surface area contributed by atoms with Crippen molar-refractivity contribution in [2.24, 2.45) is 4.99 Å². The monoisotopic (exact) mass is 301 g/mol. The van der Waals surface area contributed by atoms with Crippen LogP contribution >= 0.6 is 11.6 Å². The molecule has 2 heterocycles. The van der Waals surface area contributed by atoms with Gasteiger partial charge in [-0.2, -0.15) is 4.98 Å². The molecule has 1 N–H and O–H groups in total. The summed E-state index contributed by atoms with van der Waals surface area (Å²) in [5.74, 6) is 0.827. The molecule has 0 atom stereocenters. The van der Waals surface area contributed by atoms with Crippen LogP contribution in [0.5, 0.6) is 0 Å². The maximum absolute atomic E-state index is 11.3. The van der Waals surface area contributed by atoms with E-state index in [2.05, 4.69) is 20.3 Å². The fraction of sp³-hybridized carbons (Fsp3) is 0.143. The summed E-state index contributed by atoms with van der Waals surface area (Å²) in [5.41, 5.74) is 0.778. The van der Waals surface area contributed by atoms with Gasteiger partial charge in [-0.15, -0.1) is 0 Å². The van der Waals surface area contributed by atoms with Crippen molar-refractivity contribution >= 4 is 41.0 Å². The van der Waals surface area contributed by atoms with E-state index in [-0.39, 0.29) is 5.91 Å². The standard InChI is InChI=1S/C14H12ClN5O/c1-20(2)14-16-7-10(15)13(19-14)17-9-3-4-11-8(5-9)6-12(21)18-11/h3-7H,1-2H3,(H,16,17,19). The van der Waals surface area contributed by atoms with Gasteiger partial charge < -0.3 is 10.2 Å². The minimum atomic E-state index is -0.239. The molecule has 0 fully saturated rings. The average molecular weight is 302 g/mol. The highest BCUT2D eigenvalue weighted by atomic mass is 35.5. The fourth-order valence-corrected chi connectivity index (χ4v) is 2.07. The van der Waals surface area contributed by atoms with Crippen molar-refractivity contribution in [2.45, 2.75) is 0 Å². The zero-order valence-corrected chi connectivity index (χ0v) is 12.2. The number of fused-ring (bicyclic) bond motifs is 1. The second-order valence-corrected chi connectivity index (χ2v) is 5.16. The number of rotatable bonds is 3. The highest BCUT2D eigenvalue weighted by molar-refractivity contribution is 6.32. The molecule has 7 heteroatoms. The molecule has 0 spiro atoms. The number of hydrogen-bond donors (Lipinski definition) is 1. The summed E-state index contributed by atoms with van der Waals surface area (Å²) >= 11 is 6.10. The molecule has 0 aliphatic carbocycles. The number of carbonyl (C=O) groups excluding carboxylic acids is 1. The van der Waals surface area contributed by atoms with Crippen LogP contribution in [0.15, 0.2) is 29.4 Å². The summed E-state index contributed by atoms with van der Waals surface area (Å²) in [6, 6.07) is 5.43. The van der Waals surface area contributed by atoms with E-state index in [0.29, 0.717) is 22.1 Å². The molecular formula is C14H12ClN5O. The molecule has 0 saturated heterocycles. The number of nitrogens with zero attached hydrogens (tertiary/aromatic N) is 4. The fourth-order valence-electron chi connectivity index (χ4n) is 1.93. The number of hydrogen-bond acceptors (Lipinski definition) is 5. The van der Waals surface area contributed by atoms with Crippen molar-refractivity contribution in [3.8, 4) is 0 Å². The van der Waals surface area contributed by atoms with Crippen molar-refractivity contribution in [2.75, 3.05) is 24.3 Å². The van der Waals surface area contributed by atoms with Gasteiger partial charge >= 0.3 is 0 Å². The van der Waals surface area contributed by atoms with Crippen LogP contribution in [-0.2, 0) is 4.79 Å². The lowest BCUT2D eigenvalue weighted by atomic mass is 10.2. The molecule has 1 aromatic carbocycles. The first-order valence-corrected chi connectivity index (χ1v) is 6.62. The van der Waals surface area contributed by atoms with Crippen LogP contribution < -0.4 is 20.8 Å². The molecule has 0 bridgehead atoms. The van der Waals surface area contributed by atoms with E-state index in [4.69, 9.17) is 11.6 Å². The van der Waals surface area contributed by atoms with Crippen molar-refractivity contribution in [1.29, 1.82) is 0 Å². The first kappa shape index (κ1) is 13.5. The van der Waals surface area contributed by atoms with E-state index < -0.39 is 0 Å². The van der Waals surface area contributed by atoms with E-state index in [1.807, 2.05) is 26.2 Å². The molecule has 21 heavy (non-hydrogen) atoms. The molecule has 0 unspecified atom stereocenters. The Bertz CT molecular complexity index is 847. The number of nitrogens with one attached hydrogen (secondary N) is 1. The normalized spacial score (nSPS) is 12.4. The zero-order valence-electron chi connectivity index (χ0n) is 11.5. The van der Waals surface area contributed by atoms with Crippen LogP contribution in [0.1, 0.15) is 0 Å². The van der Waals surface area contributed by atoms with E-state index in [1.54, 1.807) is 17.2 Å². The predicted octanol–water partition coefficient (Wildman–Crippen LogP) is 0.880. The van der Waals surface area contributed by atoms with Gasteiger partial charge in [0.15, 0.2) is 5.82 Å². The van der Waals surface area contributed by atoms with Crippen molar-refractivity contribution in [3.63, 3.8) is 0 Å². The molecule has 1 amide bonds. The van der Waals surface area contributed by atoms with Gasteiger partial charge in [0.05, 0.1) is 11.6 Å². The van der Waals surface area contributed by atoms with Gasteiger partial charge in [0.1, 0.15) is 5.02 Å². The maximum Gasteiger partial charge on any atom is 0.270 e. The molecule has 0 saturated carbocycles. The molecule has 1 aromatic heterocycles. The quantitative estimate of drug-likeness (QED) is 0.911. The molecule has 0 radical (unpaired) electrons. The van der Waals surface area contributed by atoms with Gasteiger partial charge in [-0.3, -0.25) is 4.79 Å². The highest BCUT2D eigenvalue weighted by Crippen LogP contribution is 2.23. The van der Waals surface area contributed by atoms with Crippen molar-refractivity contribution in [3.05, 3.63) is 40.0 Å². The van der Waals surface area contributed by atoms with E-state index in [1.165, 1.54) is 6.08 Å². The van der Waals surface area contributed by atoms with Crippen LogP contribution in [0.3, 0.4) is 0 Å². The summed E-state index contributed by atoms with van der Waals surface area (Å²) in [7, 11) is 3.70. The van der Waals surface area contributed by atoms with E-state index in [9.17, 15) is 4.79 Å². The van der Waals surface area contributed by atoms with Gasteiger partial charge in [0.25, 0.3) is 5.91 Å². The number of aromatic nitrogens is 2. The molecular weight excluding hydrogens is 290 g/mol. The number of amides is 1. The zero-order chi connectivity index (χ0) is 15.0. The minimum absolute atomic E-state index is 0.239. The molecule has 106 valence electrons. The average Bonchev–Trinajstić information content (AvgIpc) is 2.80. The van der Waals surface area contributed by atoms with Gasteiger partial charge in [-0.1, -0.05) is 11.6 Å². The van der Waals surface area contributed by atoms with Crippen LogP contribution in [0, 0.1) is 0 Å². The summed E-state index contributed by atoms with van der Waals surface area (Å²) in [6.07, 6.45) is 3.04. The number of benzene rings is 1. The second kappa shape index (κ2) is 5.14. The SMILES string of the molecule is CN(C)c1ncc(Cl)c(Nc2ccc3c(c2)=CC(=O)N=3)n1. The lowest BCUT2D eigenvalue weighted by Crippen LogP contribution is -2.21. The predicted molar refractivity (Wildman–Crippen MR) is 81.3 cm³/mol. The Morgan fingerprint density at radius 2 is 2.10 bits per heavy atom. The Balaban J connectivity index is 1.97. The summed E-state index contributed by atoms with van der Waals surface area (Å²) < 4.78 is 0. The Labute approximate surface area is 125 Å². The van der Waals surface area contributed by atoms with E-state index >= 15 is 0 Å². The van der Waals surface area contributed by atoms with Crippen LogP contribution in [-0.4, -0.2) is 30.0 Å². The first-order chi connectivity index (χ1) is 10.0. The molecule has 3 rings (SSSR count). The molecule has 2 aromatic rings. The van der Waals surface area contributed by atoms with Gasteiger partial charge in [-0.25, -0.2) is 9.98 Å². The van der Waals surface area contributed by atoms with Crippen LogP contribution in [0.2, 0.25) is 5.02 Å². The Morgan fingerprint density at radius 3 is 2.86 bits per heavy atom.